The monoisotopic (exact) mass is 234 g/mol. The van der Waals surface area contributed by atoms with Crippen LogP contribution in [0.3, 0.4) is 0 Å². The minimum absolute atomic E-state index is 0.306. The molecule has 0 saturated carbocycles. The SMILES string of the molecule is CCOC(C)C(O)c1ccc(F)c(F)c1F. The van der Waals surface area contributed by atoms with Crippen molar-refractivity contribution in [1.82, 2.24) is 0 Å². The first-order valence-electron chi connectivity index (χ1n) is 4.92. The van der Waals surface area contributed by atoms with Crippen LogP contribution in [0.4, 0.5) is 13.2 Å². The van der Waals surface area contributed by atoms with Gasteiger partial charge in [0.15, 0.2) is 17.5 Å². The van der Waals surface area contributed by atoms with Gasteiger partial charge in [0.2, 0.25) is 0 Å². The van der Waals surface area contributed by atoms with Crippen LogP contribution in [-0.2, 0) is 4.74 Å². The molecule has 0 bridgehead atoms. The second-order valence-corrected chi connectivity index (χ2v) is 3.37. The lowest BCUT2D eigenvalue weighted by atomic mass is 10.0. The molecule has 0 aliphatic heterocycles. The van der Waals surface area contributed by atoms with Gasteiger partial charge in [0.1, 0.15) is 6.10 Å². The molecule has 16 heavy (non-hydrogen) atoms. The molecule has 0 aliphatic carbocycles. The Kier molecular flexibility index (Phi) is 4.32. The van der Waals surface area contributed by atoms with Crippen LogP contribution in [0.5, 0.6) is 0 Å². The van der Waals surface area contributed by atoms with Gasteiger partial charge in [-0.3, -0.25) is 0 Å². The molecule has 2 nitrogen and oxygen atoms in total. The minimum atomic E-state index is -1.58. The number of ether oxygens (including phenoxy) is 1. The van der Waals surface area contributed by atoms with Crippen LogP contribution in [0.15, 0.2) is 12.1 Å². The fourth-order valence-electron chi connectivity index (χ4n) is 1.38. The molecule has 2 unspecified atom stereocenters. The van der Waals surface area contributed by atoms with Crippen molar-refractivity contribution in [3.63, 3.8) is 0 Å². The summed E-state index contributed by atoms with van der Waals surface area (Å²) in [6.45, 7) is 3.57. The lowest BCUT2D eigenvalue weighted by Gasteiger charge is -2.19. The number of aliphatic hydroxyl groups excluding tert-OH is 1. The van der Waals surface area contributed by atoms with Gasteiger partial charge in [0.05, 0.1) is 6.10 Å². The van der Waals surface area contributed by atoms with Crippen LogP contribution >= 0.6 is 0 Å². The topological polar surface area (TPSA) is 29.5 Å². The Bertz CT molecular complexity index is 368. The molecule has 0 radical (unpaired) electrons. The molecule has 1 rings (SSSR count). The van der Waals surface area contributed by atoms with Crippen LogP contribution in [0, 0.1) is 17.5 Å². The first kappa shape index (κ1) is 13.0. The van der Waals surface area contributed by atoms with Crippen LogP contribution in [-0.4, -0.2) is 17.8 Å². The van der Waals surface area contributed by atoms with Crippen LogP contribution < -0.4 is 0 Å². The summed E-state index contributed by atoms with van der Waals surface area (Å²) < 4.78 is 43.9. The Morgan fingerprint density at radius 1 is 1.25 bits per heavy atom. The Morgan fingerprint density at radius 3 is 2.44 bits per heavy atom. The zero-order valence-electron chi connectivity index (χ0n) is 9.01. The van der Waals surface area contributed by atoms with E-state index in [0.717, 1.165) is 12.1 Å². The highest BCUT2D eigenvalue weighted by molar-refractivity contribution is 5.23. The lowest BCUT2D eigenvalue weighted by molar-refractivity contribution is -0.0245. The van der Waals surface area contributed by atoms with E-state index in [9.17, 15) is 18.3 Å². The number of aliphatic hydroxyl groups is 1. The molecule has 0 aromatic heterocycles. The smallest absolute Gasteiger partial charge is 0.194 e. The van der Waals surface area contributed by atoms with Gasteiger partial charge in [0.25, 0.3) is 0 Å². The third-order valence-corrected chi connectivity index (χ3v) is 2.26. The zero-order chi connectivity index (χ0) is 12.3. The van der Waals surface area contributed by atoms with E-state index < -0.39 is 29.7 Å². The summed E-state index contributed by atoms with van der Waals surface area (Å²) in [7, 11) is 0. The highest BCUT2D eigenvalue weighted by Gasteiger charge is 2.23. The van der Waals surface area contributed by atoms with E-state index in [4.69, 9.17) is 4.74 Å². The van der Waals surface area contributed by atoms with E-state index in [1.54, 1.807) is 6.92 Å². The molecule has 90 valence electrons. The van der Waals surface area contributed by atoms with E-state index in [-0.39, 0.29) is 5.56 Å². The molecule has 0 heterocycles. The molecule has 2 atom stereocenters. The molecule has 0 saturated heterocycles. The number of hydrogen-bond acceptors (Lipinski definition) is 2. The Morgan fingerprint density at radius 2 is 1.88 bits per heavy atom. The molecule has 0 spiro atoms. The van der Waals surface area contributed by atoms with Gasteiger partial charge in [0, 0.05) is 12.2 Å². The predicted molar refractivity (Wildman–Crippen MR) is 52.4 cm³/mol. The molecule has 5 heteroatoms. The molecular weight excluding hydrogens is 221 g/mol. The van der Waals surface area contributed by atoms with Crippen LogP contribution in [0.2, 0.25) is 0 Å². The largest absolute Gasteiger partial charge is 0.386 e. The molecule has 0 amide bonds. The minimum Gasteiger partial charge on any atom is -0.386 e. The maximum Gasteiger partial charge on any atom is 0.194 e. The molecule has 0 aliphatic rings. The second kappa shape index (κ2) is 5.32. The molecule has 1 aromatic rings. The Balaban J connectivity index is 3.00. The summed E-state index contributed by atoms with van der Waals surface area (Å²) in [5.41, 5.74) is -0.306. The van der Waals surface area contributed by atoms with Crippen LogP contribution in [0.1, 0.15) is 25.5 Å². The highest BCUT2D eigenvalue weighted by Crippen LogP contribution is 2.24. The highest BCUT2D eigenvalue weighted by atomic mass is 19.2. The van der Waals surface area contributed by atoms with E-state index >= 15 is 0 Å². The maximum absolute atomic E-state index is 13.3. The van der Waals surface area contributed by atoms with Crippen molar-refractivity contribution in [2.75, 3.05) is 6.61 Å². The Hall–Kier alpha value is -1.07. The van der Waals surface area contributed by atoms with Crippen LogP contribution in [0.25, 0.3) is 0 Å². The standard InChI is InChI=1S/C11H13F3O2/c1-3-16-6(2)11(15)7-4-5-8(12)10(14)9(7)13/h4-6,11,15H,3H2,1-2H3. The summed E-state index contributed by atoms with van der Waals surface area (Å²) in [5.74, 6) is -4.24. The number of benzene rings is 1. The maximum atomic E-state index is 13.3. The first-order chi connectivity index (χ1) is 7.49. The van der Waals surface area contributed by atoms with Gasteiger partial charge in [-0.2, -0.15) is 0 Å². The third-order valence-electron chi connectivity index (χ3n) is 2.26. The van der Waals surface area contributed by atoms with Gasteiger partial charge in [-0.1, -0.05) is 6.07 Å². The van der Waals surface area contributed by atoms with Gasteiger partial charge >= 0.3 is 0 Å². The average molecular weight is 234 g/mol. The molecule has 1 aromatic carbocycles. The second-order valence-electron chi connectivity index (χ2n) is 3.37. The van der Waals surface area contributed by atoms with Gasteiger partial charge in [-0.25, -0.2) is 13.2 Å². The molecular formula is C11H13F3O2. The molecule has 0 fully saturated rings. The quantitative estimate of drug-likeness (QED) is 0.811. The number of hydrogen-bond donors (Lipinski definition) is 1. The third kappa shape index (κ3) is 2.54. The average Bonchev–Trinajstić information content (AvgIpc) is 2.26. The van der Waals surface area contributed by atoms with Crippen molar-refractivity contribution in [3.05, 3.63) is 35.1 Å². The number of rotatable bonds is 4. The van der Waals surface area contributed by atoms with Crippen molar-refractivity contribution < 1.29 is 23.0 Å². The van der Waals surface area contributed by atoms with E-state index in [1.165, 1.54) is 6.92 Å². The van der Waals surface area contributed by atoms with Gasteiger partial charge in [-0.05, 0) is 19.9 Å². The van der Waals surface area contributed by atoms with Gasteiger partial charge in [-0.15, -0.1) is 0 Å². The van der Waals surface area contributed by atoms with Crippen molar-refractivity contribution in [2.24, 2.45) is 0 Å². The molecule has 1 N–H and O–H groups in total. The Labute approximate surface area is 91.7 Å². The summed E-state index contributed by atoms with van der Waals surface area (Å²) >= 11 is 0. The summed E-state index contributed by atoms with van der Waals surface area (Å²) in [6, 6.07) is 1.78. The van der Waals surface area contributed by atoms with Crippen molar-refractivity contribution in [3.8, 4) is 0 Å². The van der Waals surface area contributed by atoms with E-state index in [2.05, 4.69) is 0 Å². The normalized spacial score (nSPS) is 14.9. The van der Waals surface area contributed by atoms with E-state index in [0.29, 0.717) is 6.61 Å². The summed E-state index contributed by atoms with van der Waals surface area (Å²) in [5, 5.41) is 9.66. The lowest BCUT2D eigenvalue weighted by Crippen LogP contribution is -2.20. The number of halogens is 3. The van der Waals surface area contributed by atoms with Crippen molar-refractivity contribution in [2.45, 2.75) is 26.1 Å². The predicted octanol–water partition coefficient (Wildman–Crippen LogP) is 2.56. The van der Waals surface area contributed by atoms with Crippen molar-refractivity contribution in [1.29, 1.82) is 0 Å². The fraction of sp³-hybridized carbons (Fsp3) is 0.455. The summed E-state index contributed by atoms with van der Waals surface area (Å²) in [4.78, 5) is 0. The summed E-state index contributed by atoms with van der Waals surface area (Å²) in [6.07, 6.45) is -2.01. The first-order valence-corrected chi connectivity index (χ1v) is 4.92. The fourth-order valence-corrected chi connectivity index (χ4v) is 1.38. The van der Waals surface area contributed by atoms with E-state index in [1.807, 2.05) is 0 Å². The van der Waals surface area contributed by atoms with Gasteiger partial charge < -0.3 is 9.84 Å². The zero-order valence-corrected chi connectivity index (χ0v) is 9.01. The van der Waals surface area contributed by atoms with Crippen molar-refractivity contribution >= 4 is 0 Å².